The number of aromatic nitrogens is 3. The molecule has 3 N–H and O–H groups in total. The van der Waals surface area contributed by atoms with Crippen molar-refractivity contribution in [3.63, 3.8) is 0 Å². The average Bonchev–Trinajstić information content (AvgIpc) is 3.06. The smallest absolute Gasteiger partial charge is 0.253 e. The SMILES string of the molecule is O=C1NCCc2[nH]c(-c3ccnc(-c4ccc(F)c(F)c4O)n3)cc21. The Balaban J connectivity index is 1.78. The largest absolute Gasteiger partial charge is 0.504 e. The molecule has 2 aromatic heterocycles. The second kappa shape index (κ2) is 5.66. The highest BCUT2D eigenvalue weighted by atomic mass is 19.2. The first-order valence-corrected chi connectivity index (χ1v) is 7.55. The van der Waals surface area contributed by atoms with Crippen LogP contribution in [0.25, 0.3) is 22.8 Å². The van der Waals surface area contributed by atoms with Crippen LogP contribution in [0.5, 0.6) is 5.75 Å². The highest BCUT2D eigenvalue weighted by Crippen LogP contribution is 2.31. The third-order valence-electron chi connectivity index (χ3n) is 4.05. The Morgan fingerprint density at radius 1 is 1.16 bits per heavy atom. The highest BCUT2D eigenvalue weighted by Gasteiger charge is 2.21. The Morgan fingerprint density at radius 2 is 2.00 bits per heavy atom. The summed E-state index contributed by atoms with van der Waals surface area (Å²) < 4.78 is 26.7. The van der Waals surface area contributed by atoms with Gasteiger partial charge in [-0.05, 0) is 24.3 Å². The molecule has 0 saturated carbocycles. The number of phenols is 1. The first kappa shape index (κ1) is 15.3. The lowest BCUT2D eigenvalue weighted by Gasteiger charge is -2.10. The van der Waals surface area contributed by atoms with E-state index in [1.807, 2.05) is 0 Å². The van der Waals surface area contributed by atoms with Gasteiger partial charge in [-0.15, -0.1) is 0 Å². The standard InChI is InChI=1S/C17H12F2N4O2/c18-10-2-1-8(15(24)14(10)19)16-20-5-4-12(23-16)13-7-9-11(22-13)3-6-21-17(9)25/h1-2,4-5,7,22,24H,3,6H2,(H,21,25). The van der Waals surface area contributed by atoms with Gasteiger partial charge < -0.3 is 15.4 Å². The average molecular weight is 342 g/mol. The molecule has 0 saturated heterocycles. The van der Waals surface area contributed by atoms with Crippen molar-refractivity contribution >= 4 is 5.91 Å². The first-order chi connectivity index (χ1) is 12.0. The number of amides is 1. The van der Waals surface area contributed by atoms with Crippen molar-refractivity contribution in [1.29, 1.82) is 0 Å². The van der Waals surface area contributed by atoms with Crippen LogP contribution in [0.15, 0.2) is 30.5 Å². The first-order valence-electron chi connectivity index (χ1n) is 7.55. The van der Waals surface area contributed by atoms with Crippen molar-refractivity contribution in [1.82, 2.24) is 20.3 Å². The fraction of sp³-hybridized carbons (Fsp3) is 0.118. The lowest BCUT2D eigenvalue weighted by Crippen LogP contribution is -2.31. The maximum absolute atomic E-state index is 13.6. The number of phenolic OH excluding ortho intramolecular Hbond substituents is 1. The molecule has 0 radical (unpaired) electrons. The van der Waals surface area contributed by atoms with E-state index in [4.69, 9.17) is 0 Å². The van der Waals surface area contributed by atoms with Crippen LogP contribution in [0, 0.1) is 11.6 Å². The van der Waals surface area contributed by atoms with Crippen molar-refractivity contribution in [3.05, 3.63) is 53.4 Å². The lowest BCUT2D eigenvalue weighted by atomic mass is 10.1. The van der Waals surface area contributed by atoms with E-state index in [0.717, 1.165) is 11.8 Å². The molecule has 3 aromatic rings. The van der Waals surface area contributed by atoms with Crippen LogP contribution in [0.4, 0.5) is 8.78 Å². The number of nitrogens with zero attached hydrogens (tertiary/aromatic N) is 2. The van der Waals surface area contributed by atoms with E-state index < -0.39 is 17.4 Å². The minimum absolute atomic E-state index is 0.0187. The number of carbonyl (C=O) groups is 1. The Hall–Kier alpha value is -3.29. The molecule has 6 nitrogen and oxygen atoms in total. The Bertz CT molecular complexity index is 1000. The van der Waals surface area contributed by atoms with Gasteiger partial charge in [0, 0.05) is 24.9 Å². The maximum atomic E-state index is 13.6. The van der Waals surface area contributed by atoms with Gasteiger partial charge in [-0.1, -0.05) is 0 Å². The normalized spacial score (nSPS) is 13.4. The Kier molecular flexibility index (Phi) is 3.45. The molecule has 1 aliphatic rings. The lowest BCUT2D eigenvalue weighted by molar-refractivity contribution is 0.0946. The van der Waals surface area contributed by atoms with Crippen molar-refractivity contribution in [2.45, 2.75) is 6.42 Å². The van der Waals surface area contributed by atoms with E-state index in [9.17, 15) is 18.7 Å². The van der Waals surface area contributed by atoms with Gasteiger partial charge in [0.2, 0.25) is 5.82 Å². The van der Waals surface area contributed by atoms with Gasteiger partial charge in [0.25, 0.3) is 5.91 Å². The Labute approximate surface area is 140 Å². The van der Waals surface area contributed by atoms with Gasteiger partial charge in [-0.3, -0.25) is 4.79 Å². The molecule has 0 atom stereocenters. The quantitative estimate of drug-likeness (QED) is 0.667. The molecule has 0 aliphatic carbocycles. The number of rotatable bonds is 2. The zero-order chi connectivity index (χ0) is 17.6. The van der Waals surface area contributed by atoms with E-state index in [2.05, 4.69) is 20.3 Å². The molecule has 1 amide bonds. The molecule has 25 heavy (non-hydrogen) atoms. The Morgan fingerprint density at radius 3 is 2.80 bits per heavy atom. The summed E-state index contributed by atoms with van der Waals surface area (Å²) >= 11 is 0. The summed E-state index contributed by atoms with van der Waals surface area (Å²) in [7, 11) is 0. The zero-order valence-corrected chi connectivity index (χ0v) is 12.8. The van der Waals surface area contributed by atoms with Crippen LogP contribution in [0.3, 0.4) is 0 Å². The maximum Gasteiger partial charge on any atom is 0.253 e. The predicted molar refractivity (Wildman–Crippen MR) is 84.9 cm³/mol. The number of halogens is 2. The molecule has 0 spiro atoms. The fourth-order valence-electron chi connectivity index (χ4n) is 2.79. The van der Waals surface area contributed by atoms with Crippen LogP contribution >= 0.6 is 0 Å². The third kappa shape index (κ3) is 2.51. The van der Waals surface area contributed by atoms with E-state index in [0.29, 0.717) is 29.9 Å². The third-order valence-corrected chi connectivity index (χ3v) is 4.05. The summed E-state index contributed by atoms with van der Waals surface area (Å²) in [5, 5.41) is 12.6. The van der Waals surface area contributed by atoms with Crippen LogP contribution < -0.4 is 5.32 Å². The molecule has 126 valence electrons. The minimum atomic E-state index is -1.35. The molecular weight excluding hydrogens is 330 g/mol. The second-order valence-electron chi connectivity index (χ2n) is 5.60. The van der Waals surface area contributed by atoms with Crippen LogP contribution in [-0.4, -0.2) is 32.5 Å². The number of aromatic amines is 1. The summed E-state index contributed by atoms with van der Waals surface area (Å²) in [6.45, 7) is 0.559. The van der Waals surface area contributed by atoms with Crippen molar-refractivity contribution in [2.75, 3.05) is 6.54 Å². The molecule has 4 rings (SSSR count). The van der Waals surface area contributed by atoms with Gasteiger partial charge in [-0.2, -0.15) is 4.39 Å². The van der Waals surface area contributed by atoms with E-state index >= 15 is 0 Å². The van der Waals surface area contributed by atoms with Gasteiger partial charge >= 0.3 is 0 Å². The van der Waals surface area contributed by atoms with Crippen LogP contribution in [0.1, 0.15) is 16.1 Å². The van der Waals surface area contributed by atoms with Gasteiger partial charge in [-0.25, -0.2) is 14.4 Å². The summed E-state index contributed by atoms with van der Waals surface area (Å²) in [6, 6.07) is 5.41. The van der Waals surface area contributed by atoms with Gasteiger partial charge in [0.15, 0.2) is 17.4 Å². The van der Waals surface area contributed by atoms with E-state index in [1.165, 1.54) is 12.3 Å². The minimum Gasteiger partial charge on any atom is -0.504 e. The highest BCUT2D eigenvalue weighted by molar-refractivity contribution is 5.97. The summed E-state index contributed by atoms with van der Waals surface area (Å²) in [6.07, 6.45) is 2.13. The van der Waals surface area contributed by atoms with Crippen molar-refractivity contribution in [3.8, 4) is 28.5 Å². The molecule has 3 heterocycles. The summed E-state index contributed by atoms with van der Waals surface area (Å²) in [4.78, 5) is 23.3. The second-order valence-corrected chi connectivity index (χ2v) is 5.60. The molecule has 0 fully saturated rings. The monoisotopic (exact) mass is 342 g/mol. The summed E-state index contributed by atoms with van der Waals surface area (Å²) in [5.41, 5.74) is 2.42. The number of H-pyrrole nitrogens is 1. The van der Waals surface area contributed by atoms with Crippen molar-refractivity contribution < 1.29 is 18.7 Å². The molecule has 1 aromatic carbocycles. The molecule has 0 unspecified atom stereocenters. The molecular formula is C17H12F2N4O2. The fourth-order valence-corrected chi connectivity index (χ4v) is 2.79. The molecule has 0 bridgehead atoms. The molecule has 1 aliphatic heterocycles. The topological polar surface area (TPSA) is 90.9 Å². The van der Waals surface area contributed by atoms with E-state index in [-0.39, 0.29) is 17.3 Å². The zero-order valence-electron chi connectivity index (χ0n) is 12.8. The summed E-state index contributed by atoms with van der Waals surface area (Å²) in [5.74, 6) is -3.46. The number of hydrogen-bond acceptors (Lipinski definition) is 4. The number of carbonyl (C=O) groups excluding carboxylic acids is 1. The number of fused-ring (bicyclic) bond motifs is 1. The van der Waals surface area contributed by atoms with Gasteiger partial charge in [0.1, 0.15) is 0 Å². The van der Waals surface area contributed by atoms with Crippen molar-refractivity contribution in [2.24, 2.45) is 0 Å². The van der Waals surface area contributed by atoms with Crippen LogP contribution in [-0.2, 0) is 6.42 Å². The predicted octanol–water partition coefficient (Wildman–Crippen LogP) is 2.41. The number of benzene rings is 1. The van der Waals surface area contributed by atoms with Gasteiger partial charge in [0.05, 0.1) is 22.5 Å². The number of aromatic hydroxyl groups is 1. The number of nitrogens with one attached hydrogen (secondary N) is 2. The molecule has 8 heteroatoms. The van der Waals surface area contributed by atoms with E-state index in [1.54, 1.807) is 12.1 Å². The number of hydrogen-bond donors (Lipinski definition) is 3. The van der Waals surface area contributed by atoms with Crippen LogP contribution in [0.2, 0.25) is 0 Å².